The molecule has 120 valence electrons. The molecular weight excluding hydrogens is 270 g/mol. The Labute approximate surface area is 126 Å². The number of rotatable bonds is 4. The fourth-order valence-electron chi connectivity index (χ4n) is 3.84. The summed E-state index contributed by atoms with van der Waals surface area (Å²) in [5.41, 5.74) is -0.182. The Balaban J connectivity index is 1.51. The van der Waals surface area contributed by atoms with E-state index in [0.29, 0.717) is 25.7 Å². The summed E-state index contributed by atoms with van der Waals surface area (Å²) in [5.74, 6) is -0.131. The fourth-order valence-corrected chi connectivity index (χ4v) is 3.84. The van der Waals surface area contributed by atoms with Gasteiger partial charge in [-0.15, -0.1) is 0 Å². The summed E-state index contributed by atoms with van der Waals surface area (Å²) in [7, 11) is 3.66. The third kappa shape index (κ3) is 2.96. The number of hydrogen-bond acceptors (Lipinski definition) is 4. The largest absolute Gasteiger partial charge is 0.378 e. The molecule has 3 aliphatic rings. The topological polar surface area (TPSA) is 48.0 Å². The van der Waals surface area contributed by atoms with Crippen molar-refractivity contribution >= 4 is 5.91 Å². The predicted octanol–water partition coefficient (Wildman–Crippen LogP) is 2.09. The van der Waals surface area contributed by atoms with E-state index in [2.05, 4.69) is 0 Å². The first-order chi connectivity index (χ1) is 10.1. The van der Waals surface area contributed by atoms with Crippen molar-refractivity contribution in [1.29, 1.82) is 0 Å². The molecule has 1 spiro atoms. The molecule has 0 aromatic heterocycles. The van der Waals surface area contributed by atoms with Crippen LogP contribution in [0, 0.1) is 0 Å². The third-order valence-electron chi connectivity index (χ3n) is 5.64. The fraction of sp³-hybridized carbons (Fsp3) is 0.938. The van der Waals surface area contributed by atoms with E-state index < -0.39 is 0 Å². The SMILES string of the molecule is COC1(CC(=O)N(C)C2CCC3(CC2)OCCO3)CCC1. The van der Waals surface area contributed by atoms with Crippen LogP contribution in [0.5, 0.6) is 0 Å². The zero-order valence-corrected chi connectivity index (χ0v) is 13.2. The minimum absolute atomic E-state index is 0.182. The minimum atomic E-state index is -0.345. The second-order valence-corrected chi connectivity index (χ2v) is 6.76. The van der Waals surface area contributed by atoms with E-state index in [1.54, 1.807) is 7.11 Å². The molecule has 1 aliphatic heterocycles. The Bertz CT molecular complexity index is 372. The van der Waals surface area contributed by atoms with Crippen molar-refractivity contribution in [2.75, 3.05) is 27.4 Å². The molecule has 0 aromatic rings. The maximum Gasteiger partial charge on any atom is 0.225 e. The Morgan fingerprint density at radius 2 is 1.81 bits per heavy atom. The highest BCUT2D eigenvalue weighted by atomic mass is 16.7. The lowest BCUT2D eigenvalue weighted by atomic mass is 9.77. The molecular formula is C16H27NO4. The highest BCUT2D eigenvalue weighted by Crippen LogP contribution is 2.40. The van der Waals surface area contributed by atoms with Gasteiger partial charge in [-0.3, -0.25) is 4.79 Å². The number of nitrogens with zero attached hydrogens (tertiary/aromatic N) is 1. The molecule has 1 saturated heterocycles. The van der Waals surface area contributed by atoms with E-state index >= 15 is 0 Å². The number of carbonyl (C=O) groups is 1. The van der Waals surface area contributed by atoms with Crippen molar-refractivity contribution < 1.29 is 19.0 Å². The van der Waals surface area contributed by atoms with Gasteiger partial charge in [-0.1, -0.05) is 0 Å². The summed E-state index contributed by atoms with van der Waals surface area (Å²) in [5, 5.41) is 0. The summed E-state index contributed by atoms with van der Waals surface area (Å²) < 4.78 is 17.1. The van der Waals surface area contributed by atoms with Crippen LogP contribution in [0.2, 0.25) is 0 Å². The van der Waals surface area contributed by atoms with Gasteiger partial charge in [0.05, 0.1) is 25.2 Å². The third-order valence-corrected chi connectivity index (χ3v) is 5.64. The number of carbonyl (C=O) groups excluding carboxylic acids is 1. The van der Waals surface area contributed by atoms with E-state index in [0.717, 1.165) is 38.5 Å². The molecule has 0 unspecified atom stereocenters. The molecule has 0 N–H and O–H groups in total. The number of methoxy groups -OCH3 is 1. The lowest BCUT2D eigenvalue weighted by Gasteiger charge is -2.43. The van der Waals surface area contributed by atoms with E-state index in [4.69, 9.17) is 14.2 Å². The second-order valence-electron chi connectivity index (χ2n) is 6.76. The molecule has 3 rings (SSSR count). The van der Waals surface area contributed by atoms with E-state index in [9.17, 15) is 4.79 Å². The van der Waals surface area contributed by atoms with Crippen LogP contribution in [0.4, 0.5) is 0 Å². The first-order valence-corrected chi connectivity index (χ1v) is 8.17. The van der Waals surface area contributed by atoms with Crippen LogP contribution in [0.25, 0.3) is 0 Å². The second kappa shape index (κ2) is 5.86. The normalized spacial score (nSPS) is 27.5. The van der Waals surface area contributed by atoms with Crippen molar-refractivity contribution in [3.8, 4) is 0 Å². The van der Waals surface area contributed by atoms with Crippen LogP contribution in [0.3, 0.4) is 0 Å². The molecule has 1 amide bonds. The van der Waals surface area contributed by atoms with Crippen LogP contribution >= 0.6 is 0 Å². The molecule has 3 fully saturated rings. The highest BCUT2D eigenvalue weighted by molar-refractivity contribution is 5.77. The molecule has 21 heavy (non-hydrogen) atoms. The molecule has 5 heteroatoms. The minimum Gasteiger partial charge on any atom is -0.378 e. The summed E-state index contributed by atoms with van der Waals surface area (Å²) in [6, 6.07) is 0.310. The van der Waals surface area contributed by atoms with Gasteiger partial charge < -0.3 is 19.1 Å². The Morgan fingerprint density at radius 3 is 2.29 bits per heavy atom. The average molecular weight is 297 g/mol. The summed E-state index contributed by atoms with van der Waals surface area (Å²) >= 11 is 0. The lowest BCUT2D eigenvalue weighted by Crippen LogP contribution is -2.49. The zero-order valence-electron chi connectivity index (χ0n) is 13.2. The molecule has 0 aromatic carbocycles. The maximum atomic E-state index is 12.5. The summed E-state index contributed by atoms with van der Waals surface area (Å²) in [4.78, 5) is 14.4. The van der Waals surface area contributed by atoms with E-state index in [1.165, 1.54) is 6.42 Å². The van der Waals surface area contributed by atoms with Crippen LogP contribution in [0.15, 0.2) is 0 Å². The van der Waals surface area contributed by atoms with Gasteiger partial charge in [-0.05, 0) is 32.1 Å². The monoisotopic (exact) mass is 297 g/mol. The van der Waals surface area contributed by atoms with Gasteiger partial charge in [-0.25, -0.2) is 0 Å². The van der Waals surface area contributed by atoms with Gasteiger partial charge in [-0.2, -0.15) is 0 Å². The van der Waals surface area contributed by atoms with Gasteiger partial charge in [0, 0.05) is 33.0 Å². The zero-order chi connectivity index (χ0) is 14.9. The van der Waals surface area contributed by atoms with Gasteiger partial charge in [0.1, 0.15) is 0 Å². The maximum absolute atomic E-state index is 12.5. The van der Waals surface area contributed by atoms with E-state index in [-0.39, 0.29) is 17.3 Å². The van der Waals surface area contributed by atoms with Gasteiger partial charge in [0.2, 0.25) is 5.91 Å². The highest BCUT2D eigenvalue weighted by Gasteiger charge is 2.43. The summed E-state index contributed by atoms with van der Waals surface area (Å²) in [6.45, 7) is 1.41. The molecule has 2 saturated carbocycles. The van der Waals surface area contributed by atoms with Gasteiger partial charge in [0.15, 0.2) is 5.79 Å². The van der Waals surface area contributed by atoms with Gasteiger partial charge in [0.25, 0.3) is 0 Å². The molecule has 5 nitrogen and oxygen atoms in total. The van der Waals surface area contributed by atoms with Crippen molar-refractivity contribution in [3.05, 3.63) is 0 Å². The van der Waals surface area contributed by atoms with Crippen LogP contribution in [-0.4, -0.2) is 55.6 Å². The summed E-state index contributed by atoms with van der Waals surface area (Å²) in [6.07, 6.45) is 7.43. The predicted molar refractivity (Wildman–Crippen MR) is 77.9 cm³/mol. The van der Waals surface area contributed by atoms with Crippen LogP contribution in [0.1, 0.15) is 51.4 Å². The smallest absolute Gasteiger partial charge is 0.225 e. The first kappa shape index (κ1) is 15.3. The Morgan fingerprint density at radius 1 is 1.19 bits per heavy atom. The molecule has 2 aliphatic carbocycles. The number of ether oxygens (including phenoxy) is 3. The van der Waals surface area contributed by atoms with Gasteiger partial charge >= 0.3 is 0 Å². The molecule has 0 atom stereocenters. The van der Waals surface area contributed by atoms with Crippen molar-refractivity contribution in [2.24, 2.45) is 0 Å². The lowest BCUT2D eigenvalue weighted by molar-refractivity contribution is -0.185. The number of amides is 1. The standard InChI is InChI=1S/C16H27NO4/c1-17(14(18)12-15(19-2)6-3-7-15)13-4-8-16(9-5-13)20-10-11-21-16/h13H,3-12H2,1-2H3. The quantitative estimate of drug-likeness (QED) is 0.797. The van der Waals surface area contributed by atoms with Crippen molar-refractivity contribution in [1.82, 2.24) is 4.90 Å². The Kier molecular flexibility index (Phi) is 4.26. The molecule has 1 heterocycles. The van der Waals surface area contributed by atoms with Crippen LogP contribution in [-0.2, 0) is 19.0 Å². The number of hydrogen-bond donors (Lipinski definition) is 0. The van der Waals surface area contributed by atoms with Crippen molar-refractivity contribution in [3.63, 3.8) is 0 Å². The first-order valence-electron chi connectivity index (χ1n) is 8.17. The van der Waals surface area contributed by atoms with Crippen molar-refractivity contribution in [2.45, 2.75) is 68.8 Å². The molecule has 0 radical (unpaired) electrons. The van der Waals surface area contributed by atoms with Crippen LogP contribution < -0.4 is 0 Å². The average Bonchev–Trinajstić information content (AvgIpc) is 2.91. The Hall–Kier alpha value is -0.650. The van der Waals surface area contributed by atoms with E-state index in [1.807, 2.05) is 11.9 Å². The molecule has 0 bridgehead atoms.